The standard InChI is InChI=1S/C13H16N2O/c1-8(2)15-10(4)14-12-7-11(9(3)16)5-6-13(12)15/h5-8H,1-4H3. The SMILES string of the molecule is CC(=O)c1ccc2c(c1)nc(C)n2C(C)C. The third-order valence-electron chi connectivity index (χ3n) is 2.79. The Balaban J connectivity index is 2.70. The van der Waals surface area contributed by atoms with Crippen LogP contribution in [-0.2, 0) is 0 Å². The first-order valence-corrected chi connectivity index (χ1v) is 5.50. The van der Waals surface area contributed by atoms with Crippen LogP contribution in [0.25, 0.3) is 11.0 Å². The second-order valence-electron chi connectivity index (χ2n) is 4.38. The molecule has 16 heavy (non-hydrogen) atoms. The maximum Gasteiger partial charge on any atom is 0.159 e. The number of ketones is 1. The minimum absolute atomic E-state index is 0.0821. The predicted octanol–water partition coefficient (Wildman–Crippen LogP) is 3.13. The molecule has 1 aromatic carbocycles. The van der Waals surface area contributed by atoms with Crippen LogP contribution in [-0.4, -0.2) is 15.3 Å². The fourth-order valence-electron chi connectivity index (χ4n) is 2.09. The molecule has 3 nitrogen and oxygen atoms in total. The fraction of sp³-hybridized carbons (Fsp3) is 0.385. The van der Waals surface area contributed by atoms with Crippen molar-refractivity contribution >= 4 is 16.8 Å². The number of hydrogen-bond donors (Lipinski definition) is 0. The van der Waals surface area contributed by atoms with Crippen molar-refractivity contribution < 1.29 is 4.79 Å². The lowest BCUT2D eigenvalue weighted by molar-refractivity contribution is 0.101. The first-order valence-electron chi connectivity index (χ1n) is 5.50. The van der Waals surface area contributed by atoms with Gasteiger partial charge in [0.2, 0.25) is 0 Å². The van der Waals surface area contributed by atoms with Gasteiger partial charge in [-0.25, -0.2) is 4.98 Å². The summed E-state index contributed by atoms with van der Waals surface area (Å²) in [4.78, 5) is 15.8. The average molecular weight is 216 g/mol. The van der Waals surface area contributed by atoms with Crippen LogP contribution in [0, 0.1) is 6.92 Å². The van der Waals surface area contributed by atoms with E-state index in [0.29, 0.717) is 6.04 Å². The summed E-state index contributed by atoms with van der Waals surface area (Å²) in [5, 5.41) is 0. The zero-order valence-corrected chi connectivity index (χ0v) is 10.1. The van der Waals surface area contributed by atoms with Crippen LogP contribution in [0.15, 0.2) is 18.2 Å². The van der Waals surface area contributed by atoms with Crippen LogP contribution in [0.4, 0.5) is 0 Å². The highest BCUT2D eigenvalue weighted by atomic mass is 16.1. The van der Waals surface area contributed by atoms with Gasteiger partial charge in [-0.2, -0.15) is 0 Å². The van der Waals surface area contributed by atoms with Gasteiger partial charge in [-0.15, -0.1) is 0 Å². The Morgan fingerprint density at radius 3 is 2.62 bits per heavy atom. The lowest BCUT2D eigenvalue weighted by Crippen LogP contribution is -2.02. The molecule has 0 aliphatic heterocycles. The van der Waals surface area contributed by atoms with E-state index in [0.717, 1.165) is 22.4 Å². The van der Waals surface area contributed by atoms with E-state index in [2.05, 4.69) is 23.4 Å². The predicted molar refractivity (Wildman–Crippen MR) is 64.9 cm³/mol. The van der Waals surface area contributed by atoms with Crippen LogP contribution in [0.3, 0.4) is 0 Å². The van der Waals surface area contributed by atoms with Crippen molar-refractivity contribution in [2.75, 3.05) is 0 Å². The summed E-state index contributed by atoms with van der Waals surface area (Å²) in [6.07, 6.45) is 0. The molecule has 0 fully saturated rings. The number of fused-ring (bicyclic) bond motifs is 1. The highest BCUT2D eigenvalue weighted by Crippen LogP contribution is 2.21. The zero-order chi connectivity index (χ0) is 11.9. The van der Waals surface area contributed by atoms with E-state index < -0.39 is 0 Å². The number of nitrogens with zero attached hydrogens (tertiary/aromatic N) is 2. The molecule has 1 aromatic heterocycles. The summed E-state index contributed by atoms with van der Waals surface area (Å²) in [6.45, 7) is 7.83. The van der Waals surface area contributed by atoms with E-state index in [1.54, 1.807) is 6.92 Å². The lowest BCUT2D eigenvalue weighted by Gasteiger charge is -2.10. The van der Waals surface area contributed by atoms with Gasteiger partial charge >= 0.3 is 0 Å². The number of carbonyl (C=O) groups is 1. The van der Waals surface area contributed by atoms with E-state index >= 15 is 0 Å². The Hall–Kier alpha value is -1.64. The van der Waals surface area contributed by atoms with Crippen molar-refractivity contribution in [3.63, 3.8) is 0 Å². The normalized spacial score (nSPS) is 11.3. The minimum Gasteiger partial charge on any atom is -0.326 e. The summed E-state index contributed by atoms with van der Waals surface area (Å²) >= 11 is 0. The second kappa shape index (κ2) is 3.74. The number of rotatable bonds is 2. The number of Topliss-reactive ketones (excluding diaryl/α,β-unsaturated/α-hetero) is 1. The Labute approximate surface area is 95.1 Å². The molecule has 0 saturated heterocycles. The third-order valence-corrected chi connectivity index (χ3v) is 2.79. The van der Waals surface area contributed by atoms with Crippen LogP contribution < -0.4 is 0 Å². The van der Waals surface area contributed by atoms with Gasteiger partial charge in [0.05, 0.1) is 11.0 Å². The smallest absolute Gasteiger partial charge is 0.159 e. The van der Waals surface area contributed by atoms with Crippen molar-refractivity contribution in [3.8, 4) is 0 Å². The van der Waals surface area contributed by atoms with Crippen LogP contribution in [0.2, 0.25) is 0 Å². The second-order valence-corrected chi connectivity index (χ2v) is 4.38. The van der Waals surface area contributed by atoms with Crippen molar-refractivity contribution in [2.24, 2.45) is 0 Å². The molecule has 0 bridgehead atoms. The first kappa shape index (κ1) is 10.9. The molecule has 2 rings (SSSR count). The number of aryl methyl sites for hydroxylation is 1. The van der Waals surface area contributed by atoms with Crippen molar-refractivity contribution in [2.45, 2.75) is 33.7 Å². The van der Waals surface area contributed by atoms with Crippen LogP contribution >= 0.6 is 0 Å². The summed E-state index contributed by atoms with van der Waals surface area (Å²) < 4.78 is 2.18. The Kier molecular flexibility index (Phi) is 2.54. The summed E-state index contributed by atoms with van der Waals surface area (Å²) in [6, 6.07) is 6.09. The largest absolute Gasteiger partial charge is 0.326 e. The van der Waals surface area contributed by atoms with Crippen molar-refractivity contribution in [1.82, 2.24) is 9.55 Å². The van der Waals surface area contributed by atoms with Crippen LogP contribution in [0.5, 0.6) is 0 Å². The Morgan fingerprint density at radius 1 is 1.38 bits per heavy atom. The molecule has 0 saturated carbocycles. The average Bonchev–Trinajstić information content (AvgIpc) is 2.51. The van der Waals surface area contributed by atoms with Gasteiger partial charge in [0.25, 0.3) is 0 Å². The van der Waals surface area contributed by atoms with Gasteiger partial charge in [0, 0.05) is 11.6 Å². The number of imidazole rings is 1. The van der Waals surface area contributed by atoms with E-state index in [-0.39, 0.29) is 5.78 Å². The van der Waals surface area contributed by atoms with Crippen molar-refractivity contribution in [1.29, 1.82) is 0 Å². The first-order chi connectivity index (χ1) is 7.50. The number of aromatic nitrogens is 2. The van der Waals surface area contributed by atoms with E-state index in [4.69, 9.17) is 0 Å². The summed E-state index contributed by atoms with van der Waals surface area (Å²) in [7, 11) is 0. The summed E-state index contributed by atoms with van der Waals surface area (Å²) in [5.41, 5.74) is 2.72. The molecule has 0 N–H and O–H groups in total. The van der Waals surface area contributed by atoms with Gasteiger partial charge in [0.1, 0.15) is 5.82 Å². The lowest BCUT2D eigenvalue weighted by atomic mass is 10.1. The van der Waals surface area contributed by atoms with Gasteiger partial charge < -0.3 is 4.57 Å². The quantitative estimate of drug-likeness (QED) is 0.723. The molecule has 0 spiro atoms. The number of benzene rings is 1. The number of carbonyl (C=O) groups excluding carboxylic acids is 1. The molecule has 0 unspecified atom stereocenters. The molecule has 3 heteroatoms. The van der Waals surface area contributed by atoms with Crippen molar-refractivity contribution in [3.05, 3.63) is 29.6 Å². The maximum absolute atomic E-state index is 11.3. The molecule has 0 aliphatic rings. The Morgan fingerprint density at radius 2 is 2.06 bits per heavy atom. The molecule has 2 aromatic rings. The fourth-order valence-corrected chi connectivity index (χ4v) is 2.09. The zero-order valence-electron chi connectivity index (χ0n) is 10.1. The topological polar surface area (TPSA) is 34.9 Å². The monoisotopic (exact) mass is 216 g/mol. The molecule has 0 aliphatic carbocycles. The maximum atomic E-state index is 11.3. The molecule has 0 radical (unpaired) electrons. The Bertz CT molecular complexity index is 552. The molecular weight excluding hydrogens is 200 g/mol. The van der Waals surface area contributed by atoms with E-state index in [1.807, 2.05) is 25.1 Å². The van der Waals surface area contributed by atoms with Gasteiger partial charge in [-0.1, -0.05) is 0 Å². The number of hydrogen-bond acceptors (Lipinski definition) is 2. The van der Waals surface area contributed by atoms with Gasteiger partial charge in [-0.3, -0.25) is 4.79 Å². The molecular formula is C13H16N2O. The minimum atomic E-state index is 0.0821. The molecule has 84 valence electrons. The van der Waals surface area contributed by atoms with Gasteiger partial charge in [0.15, 0.2) is 5.78 Å². The molecule has 0 amide bonds. The van der Waals surface area contributed by atoms with E-state index in [9.17, 15) is 4.79 Å². The van der Waals surface area contributed by atoms with Gasteiger partial charge in [-0.05, 0) is 45.9 Å². The molecule has 0 atom stereocenters. The third kappa shape index (κ3) is 1.62. The highest BCUT2D eigenvalue weighted by molar-refractivity contribution is 5.97. The molecule has 1 heterocycles. The summed E-state index contributed by atoms with van der Waals surface area (Å²) in [5.74, 6) is 1.07. The highest BCUT2D eigenvalue weighted by Gasteiger charge is 2.11. The van der Waals surface area contributed by atoms with E-state index in [1.165, 1.54) is 0 Å². The van der Waals surface area contributed by atoms with Crippen LogP contribution in [0.1, 0.15) is 43.0 Å².